The molecule has 0 bridgehead atoms. The fraction of sp³-hybridized carbons (Fsp3) is 0.250. The van der Waals surface area contributed by atoms with E-state index in [1.165, 1.54) is 26.7 Å². The van der Waals surface area contributed by atoms with E-state index in [2.05, 4.69) is 105 Å². The van der Waals surface area contributed by atoms with E-state index in [-0.39, 0.29) is 0 Å². The quantitative estimate of drug-likeness (QED) is 0.507. The fourth-order valence-electron chi connectivity index (χ4n) is 3.67. The highest BCUT2D eigenvalue weighted by Gasteiger charge is 2.30. The Hall–Kier alpha value is -2.23. The Kier molecular flexibility index (Phi) is 4.98. The standard InChI is InChI=1S/C24H27N2S/c1-19(26(2,3)18-20-11-5-4-6-12-20)17-25-21-13-7-9-15-23(21)27-24-16-10-8-14-22(24)25/h4-16,19H,17-18H2,1-3H3/q+1. The Morgan fingerprint density at radius 2 is 1.30 bits per heavy atom. The second kappa shape index (κ2) is 7.41. The first kappa shape index (κ1) is 18.1. The third kappa shape index (κ3) is 3.76. The van der Waals surface area contributed by atoms with Crippen molar-refractivity contribution in [3.63, 3.8) is 0 Å². The first-order chi connectivity index (χ1) is 13.0. The van der Waals surface area contributed by atoms with Crippen molar-refractivity contribution in [2.24, 2.45) is 0 Å². The number of likely N-dealkylation sites (N-methyl/N-ethyl adjacent to an activating group) is 1. The molecule has 0 fully saturated rings. The fourth-order valence-corrected chi connectivity index (χ4v) is 4.77. The lowest BCUT2D eigenvalue weighted by molar-refractivity contribution is -0.924. The number of para-hydroxylation sites is 2. The van der Waals surface area contributed by atoms with Gasteiger partial charge in [0.2, 0.25) is 0 Å². The number of hydrogen-bond acceptors (Lipinski definition) is 2. The Bertz CT molecular complexity index is 875. The molecule has 27 heavy (non-hydrogen) atoms. The molecule has 1 heterocycles. The monoisotopic (exact) mass is 375 g/mol. The van der Waals surface area contributed by atoms with Gasteiger partial charge in [0, 0.05) is 15.4 Å². The van der Waals surface area contributed by atoms with Crippen LogP contribution in [0.1, 0.15) is 12.5 Å². The van der Waals surface area contributed by atoms with Crippen LogP contribution in [-0.2, 0) is 6.54 Å². The summed E-state index contributed by atoms with van der Waals surface area (Å²) in [7, 11) is 4.68. The van der Waals surface area contributed by atoms with E-state index in [1.807, 2.05) is 11.8 Å². The number of benzene rings is 3. The molecular formula is C24H27N2S+. The van der Waals surface area contributed by atoms with Crippen molar-refractivity contribution >= 4 is 23.1 Å². The van der Waals surface area contributed by atoms with Crippen molar-refractivity contribution in [1.29, 1.82) is 0 Å². The SMILES string of the molecule is CC(CN1c2ccccc2Sc2ccccc21)[N+](C)(C)Cc1ccccc1. The second-order valence-electron chi connectivity index (χ2n) is 7.92. The van der Waals surface area contributed by atoms with Gasteiger partial charge in [0.15, 0.2) is 0 Å². The van der Waals surface area contributed by atoms with Crippen LogP contribution in [0.25, 0.3) is 0 Å². The molecule has 4 rings (SSSR count). The van der Waals surface area contributed by atoms with Crippen molar-refractivity contribution in [3.8, 4) is 0 Å². The van der Waals surface area contributed by atoms with E-state index in [4.69, 9.17) is 0 Å². The number of hydrogen-bond donors (Lipinski definition) is 0. The molecule has 0 N–H and O–H groups in total. The van der Waals surface area contributed by atoms with Crippen LogP contribution in [0, 0.1) is 0 Å². The first-order valence-corrected chi connectivity index (χ1v) is 10.4. The van der Waals surface area contributed by atoms with Crippen molar-refractivity contribution in [1.82, 2.24) is 0 Å². The lowest BCUT2D eigenvalue weighted by Crippen LogP contribution is -2.51. The summed E-state index contributed by atoms with van der Waals surface area (Å²) in [4.78, 5) is 5.20. The van der Waals surface area contributed by atoms with E-state index < -0.39 is 0 Å². The molecule has 138 valence electrons. The normalized spacial score (nSPS) is 14.4. The Morgan fingerprint density at radius 3 is 1.89 bits per heavy atom. The molecule has 1 atom stereocenters. The van der Waals surface area contributed by atoms with Crippen LogP contribution >= 0.6 is 11.8 Å². The smallest absolute Gasteiger partial charge is 0.104 e. The minimum atomic E-state index is 0.481. The highest BCUT2D eigenvalue weighted by atomic mass is 32.2. The van der Waals surface area contributed by atoms with E-state index in [0.717, 1.165) is 17.6 Å². The van der Waals surface area contributed by atoms with Crippen LogP contribution in [0.2, 0.25) is 0 Å². The number of rotatable bonds is 5. The van der Waals surface area contributed by atoms with Crippen molar-refractivity contribution in [2.75, 3.05) is 25.5 Å². The van der Waals surface area contributed by atoms with Gasteiger partial charge in [0.05, 0.1) is 32.0 Å². The summed E-state index contributed by atoms with van der Waals surface area (Å²) in [6, 6.07) is 28.8. The average molecular weight is 376 g/mol. The molecule has 0 spiro atoms. The van der Waals surface area contributed by atoms with E-state index in [0.29, 0.717) is 6.04 Å². The molecule has 3 aromatic rings. The van der Waals surface area contributed by atoms with Crippen LogP contribution < -0.4 is 4.90 Å². The van der Waals surface area contributed by atoms with Crippen LogP contribution in [0.5, 0.6) is 0 Å². The second-order valence-corrected chi connectivity index (χ2v) is 9.00. The van der Waals surface area contributed by atoms with Gasteiger partial charge in [0.25, 0.3) is 0 Å². The predicted molar refractivity (Wildman–Crippen MR) is 116 cm³/mol. The van der Waals surface area contributed by atoms with Crippen LogP contribution in [-0.4, -0.2) is 31.2 Å². The molecule has 2 nitrogen and oxygen atoms in total. The number of anilines is 2. The zero-order valence-corrected chi connectivity index (χ0v) is 17.1. The van der Waals surface area contributed by atoms with Gasteiger partial charge in [-0.3, -0.25) is 0 Å². The van der Waals surface area contributed by atoms with Gasteiger partial charge in [-0.25, -0.2) is 0 Å². The molecule has 0 saturated heterocycles. The van der Waals surface area contributed by atoms with E-state index in [9.17, 15) is 0 Å². The number of nitrogens with zero attached hydrogens (tertiary/aromatic N) is 2. The van der Waals surface area contributed by atoms with Gasteiger partial charge in [-0.1, -0.05) is 66.4 Å². The summed E-state index contributed by atoms with van der Waals surface area (Å²) in [5.74, 6) is 0. The van der Waals surface area contributed by atoms with Gasteiger partial charge in [-0.15, -0.1) is 0 Å². The highest BCUT2D eigenvalue weighted by molar-refractivity contribution is 7.99. The summed E-state index contributed by atoms with van der Waals surface area (Å²) in [5, 5.41) is 0. The van der Waals surface area contributed by atoms with Crippen molar-refractivity contribution < 1.29 is 4.48 Å². The lowest BCUT2D eigenvalue weighted by atomic mass is 10.1. The summed E-state index contributed by atoms with van der Waals surface area (Å²) in [5.41, 5.74) is 4.05. The van der Waals surface area contributed by atoms with Crippen LogP contribution in [0.4, 0.5) is 11.4 Å². The maximum Gasteiger partial charge on any atom is 0.104 e. The summed E-state index contributed by atoms with van der Waals surface area (Å²) < 4.78 is 0.956. The highest BCUT2D eigenvalue weighted by Crippen LogP contribution is 2.48. The molecule has 0 aromatic heterocycles. The molecule has 3 heteroatoms. The molecule has 1 unspecified atom stereocenters. The third-order valence-electron chi connectivity index (χ3n) is 5.60. The van der Waals surface area contributed by atoms with Gasteiger partial charge in [-0.2, -0.15) is 0 Å². The zero-order valence-electron chi connectivity index (χ0n) is 16.3. The maximum atomic E-state index is 2.51. The lowest BCUT2D eigenvalue weighted by Gasteiger charge is -2.41. The largest absolute Gasteiger partial charge is 0.334 e. The van der Waals surface area contributed by atoms with Crippen molar-refractivity contribution in [2.45, 2.75) is 29.3 Å². The summed E-state index contributed by atoms with van der Waals surface area (Å²) in [6.07, 6.45) is 0. The molecule has 0 saturated carbocycles. The predicted octanol–water partition coefficient (Wildman–Crippen LogP) is 5.95. The van der Waals surface area contributed by atoms with Crippen molar-refractivity contribution in [3.05, 3.63) is 84.4 Å². The molecule has 1 aliphatic heterocycles. The van der Waals surface area contributed by atoms with Crippen LogP contribution in [0.3, 0.4) is 0 Å². The number of quaternary nitrogens is 1. The molecule has 1 aliphatic rings. The molecule has 0 radical (unpaired) electrons. The molecule has 0 aliphatic carbocycles. The Morgan fingerprint density at radius 1 is 0.778 bits per heavy atom. The number of fused-ring (bicyclic) bond motifs is 2. The van der Waals surface area contributed by atoms with Gasteiger partial charge in [-0.05, 0) is 31.2 Å². The maximum absolute atomic E-state index is 2.51. The van der Waals surface area contributed by atoms with Gasteiger partial charge >= 0.3 is 0 Å². The summed E-state index contributed by atoms with van der Waals surface area (Å²) in [6.45, 7) is 4.40. The average Bonchev–Trinajstić information content (AvgIpc) is 2.68. The zero-order chi connectivity index (χ0) is 18.9. The molecule has 0 amide bonds. The van der Waals surface area contributed by atoms with Gasteiger partial charge in [0.1, 0.15) is 12.6 Å². The third-order valence-corrected chi connectivity index (χ3v) is 6.74. The Balaban J connectivity index is 1.62. The Labute approximate surface area is 167 Å². The first-order valence-electron chi connectivity index (χ1n) is 9.55. The van der Waals surface area contributed by atoms with Gasteiger partial charge < -0.3 is 9.38 Å². The molecular weight excluding hydrogens is 348 g/mol. The topological polar surface area (TPSA) is 3.24 Å². The van der Waals surface area contributed by atoms with E-state index >= 15 is 0 Å². The minimum absolute atomic E-state index is 0.481. The van der Waals surface area contributed by atoms with E-state index in [1.54, 1.807) is 0 Å². The summed E-state index contributed by atoms with van der Waals surface area (Å²) >= 11 is 1.88. The minimum Gasteiger partial charge on any atom is -0.334 e. The van der Waals surface area contributed by atoms with Crippen LogP contribution in [0.15, 0.2) is 88.7 Å². The molecule has 3 aromatic carbocycles.